The maximum atomic E-state index is 11.0. The zero-order valence-electron chi connectivity index (χ0n) is 7.38. The molecule has 0 atom stereocenters. The third-order valence-corrected chi connectivity index (χ3v) is 1.67. The Kier molecular flexibility index (Phi) is 3.58. The molecular formula is C10H14O2. The molecular weight excluding hydrogens is 152 g/mol. The fourth-order valence-corrected chi connectivity index (χ4v) is 1.07. The van der Waals surface area contributed by atoms with Gasteiger partial charge in [-0.25, -0.2) is 0 Å². The fourth-order valence-electron chi connectivity index (χ4n) is 1.07. The Hall–Kier alpha value is -1.05. The second-order valence-corrected chi connectivity index (χ2v) is 2.82. The quantitative estimate of drug-likeness (QED) is 0.602. The summed E-state index contributed by atoms with van der Waals surface area (Å²) in [6.45, 7) is 1.97. The number of rotatable bonds is 3. The summed E-state index contributed by atoms with van der Waals surface area (Å²) < 4.78 is 5.10. The van der Waals surface area contributed by atoms with Crippen LogP contribution in [-0.4, -0.2) is 5.97 Å². The van der Waals surface area contributed by atoms with Crippen LogP contribution in [0.25, 0.3) is 0 Å². The number of ether oxygens (including phenoxy) is 1. The Morgan fingerprint density at radius 2 is 2.50 bits per heavy atom. The van der Waals surface area contributed by atoms with E-state index in [1.165, 1.54) is 0 Å². The highest BCUT2D eigenvalue weighted by Crippen LogP contribution is 2.13. The summed E-state index contributed by atoms with van der Waals surface area (Å²) in [7, 11) is 0. The normalized spacial score (nSPS) is 15.6. The number of allylic oxidation sites excluding steroid dienone is 4. The minimum absolute atomic E-state index is 0.112. The van der Waals surface area contributed by atoms with Crippen LogP contribution in [0.4, 0.5) is 0 Å². The van der Waals surface area contributed by atoms with Crippen LogP contribution in [0, 0.1) is 0 Å². The molecule has 0 aromatic rings. The van der Waals surface area contributed by atoms with Crippen molar-refractivity contribution in [2.24, 2.45) is 0 Å². The van der Waals surface area contributed by atoms with Gasteiger partial charge in [-0.05, 0) is 18.9 Å². The predicted octanol–water partition coefficient (Wildman–Crippen LogP) is 2.56. The molecule has 0 saturated carbocycles. The average molecular weight is 166 g/mol. The van der Waals surface area contributed by atoms with Crippen molar-refractivity contribution in [2.75, 3.05) is 0 Å². The minimum Gasteiger partial charge on any atom is -0.431 e. The first-order valence-corrected chi connectivity index (χ1v) is 4.39. The summed E-state index contributed by atoms with van der Waals surface area (Å²) in [5, 5.41) is 0. The van der Waals surface area contributed by atoms with Crippen molar-refractivity contribution in [1.82, 2.24) is 0 Å². The molecule has 0 aliphatic heterocycles. The van der Waals surface area contributed by atoms with Crippen LogP contribution in [0.2, 0.25) is 0 Å². The monoisotopic (exact) mass is 166 g/mol. The van der Waals surface area contributed by atoms with Gasteiger partial charge in [0.1, 0.15) is 5.76 Å². The summed E-state index contributed by atoms with van der Waals surface area (Å²) in [5.74, 6) is 0.690. The molecule has 0 aromatic carbocycles. The summed E-state index contributed by atoms with van der Waals surface area (Å²) in [6.07, 6.45) is 9.05. The zero-order valence-corrected chi connectivity index (χ0v) is 7.38. The van der Waals surface area contributed by atoms with Gasteiger partial charge in [0, 0.05) is 12.8 Å². The molecule has 0 N–H and O–H groups in total. The Bertz CT molecular complexity index is 214. The minimum atomic E-state index is -0.112. The lowest BCUT2D eigenvalue weighted by atomic mass is 10.2. The van der Waals surface area contributed by atoms with Crippen LogP contribution in [0.1, 0.15) is 32.6 Å². The Morgan fingerprint density at radius 1 is 1.67 bits per heavy atom. The van der Waals surface area contributed by atoms with Gasteiger partial charge in [0.2, 0.25) is 0 Å². The molecule has 12 heavy (non-hydrogen) atoms. The lowest BCUT2D eigenvalue weighted by Gasteiger charge is -2.08. The number of hydrogen-bond acceptors (Lipinski definition) is 2. The van der Waals surface area contributed by atoms with E-state index in [2.05, 4.69) is 6.08 Å². The zero-order chi connectivity index (χ0) is 8.81. The van der Waals surface area contributed by atoms with Gasteiger partial charge in [0.25, 0.3) is 0 Å². The highest BCUT2D eigenvalue weighted by molar-refractivity contribution is 5.70. The molecule has 2 nitrogen and oxygen atoms in total. The van der Waals surface area contributed by atoms with Crippen LogP contribution in [-0.2, 0) is 9.53 Å². The maximum absolute atomic E-state index is 11.0. The molecule has 0 unspecified atom stereocenters. The largest absolute Gasteiger partial charge is 0.431 e. The molecule has 0 radical (unpaired) electrons. The van der Waals surface area contributed by atoms with Gasteiger partial charge in [-0.15, -0.1) is 0 Å². The second-order valence-electron chi connectivity index (χ2n) is 2.82. The highest BCUT2D eigenvalue weighted by atomic mass is 16.5. The van der Waals surface area contributed by atoms with Gasteiger partial charge in [0.05, 0.1) is 0 Å². The highest BCUT2D eigenvalue weighted by Gasteiger charge is 2.06. The van der Waals surface area contributed by atoms with Crippen LogP contribution >= 0.6 is 0 Å². The van der Waals surface area contributed by atoms with Gasteiger partial charge in [-0.3, -0.25) is 4.79 Å². The van der Waals surface area contributed by atoms with Gasteiger partial charge < -0.3 is 4.74 Å². The molecule has 0 fully saturated rings. The standard InChI is InChI=1S/C10H14O2/c1-2-6-10(11)12-9-7-4-3-5-8-9/h3-4,7H,2,5-6,8H2,1H3. The molecule has 1 aliphatic carbocycles. The third-order valence-electron chi connectivity index (χ3n) is 1.67. The van der Waals surface area contributed by atoms with Gasteiger partial charge in [-0.1, -0.05) is 19.1 Å². The third kappa shape index (κ3) is 2.91. The molecule has 1 rings (SSSR count). The van der Waals surface area contributed by atoms with Gasteiger partial charge >= 0.3 is 5.97 Å². The van der Waals surface area contributed by atoms with E-state index in [1.54, 1.807) is 0 Å². The van der Waals surface area contributed by atoms with Crippen molar-refractivity contribution in [3.8, 4) is 0 Å². The lowest BCUT2D eigenvalue weighted by molar-refractivity contribution is -0.139. The number of carbonyl (C=O) groups excluding carboxylic acids is 1. The molecule has 0 saturated heterocycles. The van der Waals surface area contributed by atoms with Crippen LogP contribution in [0.3, 0.4) is 0 Å². The first-order chi connectivity index (χ1) is 5.83. The van der Waals surface area contributed by atoms with E-state index in [0.717, 1.165) is 25.0 Å². The van der Waals surface area contributed by atoms with E-state index in [-0.39, 0.29) is 5.97 Å². The number of hydrogen-bond donors (Lipinski definition) is 0. The summed E-state index contributed by atoms with van der Waals surface area (Å²) in [6, 6.07) is 0. The molecule has 66 valence electrons. The van der Waals surface area contributed by atoms with Crippen LogP contribution < -0.4 is 0 Å². The van der Waals surface area contributed by atoms with Crippen LogP contribution in [0.5, 0.6) is 0 Å². The fraction of sp³-hybridized carbons (Fsp3) is 0.500. The molecule has 1 aliphatic rings. The smallest absolute Gasteiger partial charge is 0.310 e. The van der Waals surface area contributed by atoms with Gasteiger partial charge in [0.15, 0.2) is 0 Å². The van der Waals surface area contributed by atoms with Crippen molar-refractivity contribution in [3.05, 3.63) is 24.0 Å². The van der Waals surface area contributed by atoms with Crippen molar-refractivity contribution >= 4 is 5.97 Å². The molecule has 0 spiro atoms. The van der Waals surface area contributed by atoms with E-state index in [1.807, 2.05) is 19.1 Å². The predicted molar refractivity (Wildman–Crippen MR) is 47.5 cm³/mol. The van der Waals surface area contributed by atoms with Crippen molar-refractivity contribution in [3.63, 3.8) is 0 Å². The van der Waals surface area contributed by atoms with Gasteiger partial charge in [-0.2, -0.15) is 0 Å². The molecule has 0 aromatic heterocycles. The van der Waals surface area contributed by atoms with E-state index in [0.29, 0.717) is 6.42 Å². The number of esters is 1. The van der Waals surface area contributed by atoms with Crippen molar-refractivity contribution < 1.29 is 9.53 Å². The Balaban J connectivity index is 2.34. The summed E-state index contributed by atoms with van der Waals surface area (Å²) in [5.41, 5.74) is 0. The molecule has 0 amide bonds. The van der Waals surface area contributed by atoms with E-state index < -0.39 is 0 Å². The molecule has 0 bridgehead atoms. The summed E-state index contributed by atoms with van der Waals surface area (Å²) >= 11 is 0. The first-order valence-electron chi connectivity index (χ1n) is 4.39. The lowest BCUT2D eigenvalue weighted by Crippen LogP contribution is -2.04. The van der Waals surface area contributed by atoms with E-state index in [9.17, 15) is 4.79 Å². The summed E-state index contributed by atoms with van der Waals surface area (Å²) in [4.78, 5) is 11.0. The van der Waals surface area contributed by atoms with E-state index in [4.69, 9.17) is 4.74 Å². The SMILES string of the molecule is CCCC(=O)OC1=CC=CCC1. The molecule has 0 heterocycles. The average Bonchev–Trinajstić information content (AvgIpc) is 2.06. The second kappa shape index (κ2) is 4.75. The Morgan fingerprint density at radius 3 is 3.08 bits per heavy atom. The first kappa shape index (κ1) is 9.04. The number of carbonyl (C=O) groups is 1. The molecule has 2 heteroatoms. The van der Waals surface area contributed by atoms with Crippen LogP contribution in [0.15, 0.2) is 24.0 Å². The maximum Gasteiger partial charge on any atom is 0.310 e. The Labute approximate surface area is 72.9 Å². The topological polar surface area (TPSA) is 26.3 Å². The van der Waals surface area contributed by atoms with E-state index >= 15 is 0 Å². The van der Waals surface area contributed by atoms with Crippen molar-refractivity contribution in [2.45, 2.75) is 32.6 Å². The van der Waals surface area contributed by atoms with Crippen molar-refractivity contribution in [1.29, 1.82) is 0 Å².